The molecule has 0 unspecified atom stereocenters. The number of H-pyrrole nitrogens is 1. The van der Waals surface area contributed by atoms with Crippen molar-refractivity contribution in [2.45, 2.75) is 25.9 Å². The topological polar surface area (TPSA) is 100 Å². The van der Waals surface area contributed by atoms with E-state index in [0.29, 0.717) is 6.54 Å². The normalized spacial score (nSPS) is 13.9. The number of aromatic amines is 1. The monoisotopic (exact) mass is 329 g/mol. The molecule has 8 heteroatoms. The zero-order valence-electron chi connectivity index (χ0n) is 13.2. The van der Waals surface area contributed by atoms with Crippen LogP contribution in [0.15, 0.2) is 40.1 Å². The highest BCUT2D eigenvalue weighted by atomic mass is 16.2. The molecule has 126 valence electrons. The van der Waals surface area contributed by atoms with Crippen LogP contribution < -0.4 is 21.3 Å². The van der Waals surface area contributed by atoms with Crippen molar-refractivity contribution in [3.8, 4) is 0 Å². The maximum Gasteiger partial charge on any atom is 0.265 e. The highest BCUT2D eigenvalue weighted by Crippen LogP contribution is 2.18. The summed E-state index contributed by atoms with van der Waals surface area (Å²) in [6.07, 6.45) is 4.08. The molecule has 0 aromatic carbocycles. The number of carbonyl (C=O) groups is 1. The van der Waals surface area contributed by atoms with E-state index in [4.69, 9.17) is 0 Å². The number of amides is 1. The maximum absolute atomic E-state index is 12.0. The molecule has 8 nitrogen and oxygen atoms in total. The zero-order valence-corrected chi connectivity index (χ0v) is 13.2. The van der Waals surface area contributed by atoms with E-state index in [-0.39, 0.29) is 12.5 Å². The van der Waals surface area contributed by atoms with Gasteiger partial charge >= 0.3 is 0 Å². The molecule has 2 aromatic heterocycles. The van der Waals surface area contributed by atoms with Gasteiger partial charge in [0.1, 0.15) is 12.4 Å². The third-order valence-electron chi connectivity index (χ3n) is 3.92. The van der Waals surface area contributed by atoms with Crippen LogP contribution in [0.2, 0.25) is 0 Å². The Morgan fingerprint density at radius 3 is 2.79 bits per heavy atom. The van der Waals surface area contributed by atoms with Crippen LogP contribution in [0.3, 0.4) is 0 Å². The summed E-state index contributed by atoms with van der Waals surface area (Å²) in [4.78, 5) is 41.3. The molecule has 0 atom stereocenters. The molecule has 2 aromatic rings. The van der Waals surface area contributed by atoms with E-state index in [0.717, 1.165) is 41.3 Å². The van der Waals surface area contributed by atoms with Gasteiger partial charge in [0.05, 0.1) is 0 Å². The summed E-state index contributed by atoms with van der Waals surface area (Å²) in [5.74, 6) is 0.571. The van der Waals surface area contributed by atoms with Crippen LogP contribution in [-0.2, 0) is 17.9 Å². The van der Waals surface area contributed by atoms with E-state index in [1.54, 1.807) is 6.20 Å². The highest BCUT2D eigenvalue weighted by molar-refractivity contribution is 5.75. The van der Waals surface area contributed by atoms with Crippen LogP contribution in [0.1, 0.15) is 18.4 Å². The molecular weight excluding hydrogens is 310 g/mol. The number of rotatable bonds is 5. The second-order valence-corrected chi connectivity index (χ2v) is 5.73. The van der Waals surface area contributed by atoms with Crippen LogP contribution >= 0.6 is 0 Å². The predicted octanol–water partition coefficient (Wildman–Crippen LogP) is -0.152. The lowest BCUT2D eigenvalue weighted by molar-refractivity contribution is -0.122. The minimum absolute atomic E-state index is 0.223. The summed E-state index contributed by atoms with van der Waals surface area (Å²) in [6, 6.07) is 6.07. The van der Waals surface area contributed by atoms with Crippen molar-refractivity contribution in [2.24, 2.45) is 0 Å². The fraction of sp³-hybridized carbons (Fsp3) is 0.375. The Bertz CT molecular complexity index is 836. The molecule has 0 spiro atoms. The number of nitrogens with zero attached hydrogens (tertiary/aromatic N) is 3. The molecule has 0 radical (unpaired) electrons. The van der Waals surface area contributed by atoms with E-state index in [1.807, 2.05) is 12.1 Å². The van der Waals surface area contributed by atoms with Gasteiger partial charge in [-0.3, -0.25) is 19.5 Å². The van der Waals surface area contributed by atoms with Gasteiger partial charge < -0.3 is 10.2 Å². The Morgan fingerprint density at radius 1 is 1.21 bits per heavy atom. The molecule has 0 aliphatic carbocycles. The zero-order chi connectivity index (χ0) is 16.9. The van der Waals surface area contributed by atoms with Crippen LogP contribution in [0.25, 0.3) is 0 Å². The van der Waals surface area contributed by atoms with Gasteiger partial charge in [0, 0.05) is 38.0 Å². The standard InChI is InChI=1S/C16H19N5O3/c22-14-3-4-16(24)21(19-14)11-15(23)18-10-12-5-6-17-13(9-12)20-7-1-2-8-20/h3-6,9H,1-2,7-8,10-11H2,(H,18,23)(H,19,22). The third kappa shape index (κ3) is 3.89. The number of nitrogens with one attached hydrogen (secondary N) is 2. The molecule has 1 aliphatic heterocycles. The van der Waals surface area contributed by atoms with Crippen LogP contribution in [0.4, 0.5) is 5.82 Å². The fourth-order valence-electron chi connectivity index (χ4n) is 2.67. The second-order valence-electron chi connectivity index (χ2n) is 5.73. The highest BCUT2D eigenvalue weighted by Gasteiger charge is 2.13. The molecule has 24 heavy (non-hydrogen) atoms. The fourth-order valence-corrected chi connectivity index (χ4v) is 2.67. The van der Waals surface area contributed by atoms with Gasteiger partial charge in [0.2, 0.25) is 5.91 Å². The van der Waals surface area contributed by atoms with Gasteiger partial charge in [-0.15, -0.1) is 0 Å². The van der Waals surface area contributed by atoms with E-state index in [1.165, 1.54) is 12.8 Å². The molecule has 3 heterocycles. The number of pyridine rings is 1. The second kappa shape index (κ2) is 7.12. The number of anilines is 1. The first-order valence-electron chi connectivity index (χ1n) is 7.88. The van der Waals surface area contributed by atoms with Gasteiger partial charge in [-0.2, -0.15) is 0 Å². The van der Waals surface area contributed by atoms with E-state index >= 15 is 0 Å². The number of carbonyl (C=O) groups excluding carboxylic acids is 1. The molecule has 1 saturated heterocycles. The van der Waals surface area contributed by atoms with Crippen LogP contribution in [0, 0.1) is 0 Å². The van der Waals surface area contributed by atoms with Crippen molar-refractivity contribution in [1.82, 2.24) is 20.1 Å². The summed E-state index contributed by atoms with van der Waals surface area (Å²) < 4.78 is 0.986. The van der Waals surface area contributed by atoms with E-state index < -0.39 is 11.1 Å². The quantitative estimate of drug-likeness (QED) is 0.794. The summed E-state index contributed by atoms with van der Waals surface area (Å²) in [5.41, 5.74) is 0.0888. The summed E-state index contributed by atoms with van der Waals surface area (Å²) in [6.45, 7) is 2.13. The number of hydrogen-bond acceptors (Lipinski definition) is 5. The molecular formula is C16H19N5O3. The third-order valence-corrected chi connectivity index (χ3v) is 3.92. The van der Waals surface area contributed by atoms with Crippen LogP contribution in [-0.4, -0.2) is 33.8 Å². The molecule has 1 fully saturated rings. The van der Waals surface area contributed by atoms with Crippen LogP contribution in [0.5, 0.6) is 0 Å². The lowest BCUT2D eigenvalue weighted by Crippen LogP contribution is -2.35. The maximum atomic E-state index is 12.0. The van der Waals surface area contributed by atoms with Crippen molar-refractivity contribution >= 4 is 11.7 Å². The van der Waals surface area contributed by atoms with Crippen molar-refractivity contribution < 1.29 is 4.79 Å². The molecule has 2 N–H and O–H groups in total. The molecule has 3 rings (SSSR count). The summed E-state index contributed by atoms with van der Waals surface area (Å²) in [5, 5.41) is 5.07. The lowest BCUT2D eigenvalue weighted by atomic mass is 10.2. The minimum Gasteiger partial charge on any atom is -0.357 e. The van der Waals surface area contributed by atoms with Crippen molar-refractivity contribution in [2.75, 3.05) is 18.0 Å². The number of hydrogen-bond donors (Lipinski definition) is 2. The van der Waals surface area contributed by atoms with Crippen molar-refractivity contribution in [3.63, 3.8) is 0 Å². The molecule has 1 aliphatic rings. The number of aromatic nitrogens is 3. The van der Waals surface area contributed by atoms with Gasteiger partial charge in [-0.25, -0.2) is 9.67 Å². The summed E-state index contributed by atoms with van der Waals surface area (Å²) >= 11 is 0. The van der Waals surface area contributed by atoms with E-state index in [9.17, 15) is 14.4 Å². The van der Waals surface area contributed by atoms with Gasteiger partial charge in [-0.1, -0.05) is 0 Å². The molecule has 1 amide bonds. The first-order valence-corrected chi connectivity index (χ1v) is 7.88. The van der Waals surface area contributed by atoms with Crippen molar-refractivity contribution in [3.05, 3.63) is 56.7 Å². The van der Waals surface area contributed by atoms with E-state index in [2.05, 4.69) is 20.3 Å². The van der Waals surface area contributed by atoms with Crippen molar-refractivity contribution in [1.29, 1.82) is 0 Å². The predicted molar refractivity (Wildman–Crippen MR) is 88.9 cm³/mol. The first kappa shape index (κ1) is 16.0. The Hall–Kier alpha value is -2.90. The Morgan fingerprint density at radius 2 is 2.00 bits per heavy atom. The summed E-state index contributed by atoms with van der Waals surface area (Å²) in [7, 11) is 0. The molecule has 0 bridgehead atoms. The Kier molecular flexibility index (Phi) is 4.74. The SMILES string of the molecule is O=C(Cn1[nH]c(=O)ccc1=O)NCc1ccnc(N2CCCC2)c1. The Labute approximate surface area is 138 Å². The minimum atomic E-state index is -0.426. The van der Waals surface area contributed by atoms with Gasteiger partial charge in [-0.05, 0) is 30.5 Å². The smallest absolute Gasteiger partial charge is 0.265 e. The lowest BCUT2D eigenvalue weighted by Gasteiger charge is -2.17. The average molecular weight is 329 g/mol. The van der Waals surface area contributed by atoms with Gasteiger partial charge in [0.25, 0.3) is 11.1 Å². The molecule has 0 saturated carbocycles. The average Bonchev–Trinajstić information content (AvgIpc) is 3.11. The first-order chi connectivity index (χ1) is 11.6. The largest absolute Gasteiger partial charge is 0.357 e. The Balaban J connectivity index is 1.60. The van der Waals surface area contributed by atoms with Gasteiger partial charge in [0.15, 0.2) is 0 Å².